The van der Waals surface area contributed by atoms with Crippen molar-refractivity contribution in [3.63, 3.8) is 0 Å². The smallest absolute Gasteiger partial charge is 0.109 e. The Morgan fingerprint density at radius 1 is 1.80 bits per heavy atom. The third-order valence-corrected chi connectivity index (χ3v) is 0.175. The summed E-state index contributed by atoms with van der Waals surface area (Å²) in [6.45, 7) is -0.490. The van der Waals surface area contributed by atoms with Crippen LogP contribution in [-0.4, -0.2) is 18.5 Å². The SMILES string of the molecule is [O]CCOO. The van der Waals surface area contributed by atoms with E-state index in [9.17, 15) is 5.11 Å². The van der Waals surface area contributed by atoms with Crippen LogP contribution in [0, 0.1) is 0 Å². The van der Waals surface area contributed by atoms with Crippen molar-refractivity contribution in [3.05, 3.63) is 0 Å². The normalized spacial score (nSPS) is 8.40. The van der Waals surface area contributed by atoms with Gasteiger partial charge in [0.1, 0.15) is 13.2 Å². The second-order valence-corrected chi connectivity index (χ2v) is 0.537. The van der Waals surface area contributed by atoms with Crippen molar-refractivity contribution in [1.82, 2.24) is 0 Å². The van der Waals surface area contributed by atoms with Crippen molar-refractivity contribution in [2.45, 2.75) is 0 Å². The minimum Gasteiger partial charge on any atom is -0.252 e. The molecule has 0 fully saturated rings. The summed E-state index contributed by atoms with van der Waals surface area (Å²) < 4.78 is 0. The Morgan fingerprint density at radius 2 is 2.40 bits per heavy atom. The summed E-state index contributed by atoms with van der Waals surface area (Å²) in [6.07, 6.45) is 0. The van der Waals surface area contributed by atoms with Crippen LogP contribution in [0.15, 0.2) is 0 Å². The Hall–Kier alpha value is -0.120. The summed E-state index contributed by atoms with van der Waals surface area (Å²) >= 11 is 0. The second-order valence-electron chi connectivity index (χ2n) is 0.537. The summed E-state index contributed by atoms with van der Waals surface area (Å²) in [4.78, 5) is 3.38. The lowest BCUT2D eigenvalue weighted by molar-refractivity contribution is -0.249. The zero-order valence-electron chi connectivity index (χ0n) is 2.68. The van der Waals surface area contributed by atoms with E-state index in [2.05, 4.69) is 4.89 Å². The zero-order valence-corrected chi connectivity index (χ0v) is 2.68. The van der Waals surface area contributed by atoms with E-state index in [0.29, 0.717) is 0 Å². The average Bonchev–Trinajstić information content (AvgIpc) is 1.41. The molecular weight excluding hydrogens is 72.0 g/mol. The van der Waals surface area contributed by atoms with Crippen molar-refractivity contribution in [2.24, 2.45) is 0 Å². The van der Waals surface area contributed by atoms with Crippen molar-refractivity contribution in [3.8, 4) is 0 Å². The van der Waals surface area contributed by atoms with Gasteiger partial charge in [0.15, 0.2) is 0 Å². The third-order valence-electron chi connectivity index (χ3n) is 0.175. The minimum atomic E-state index is -0.378. The fourth-order valence-corrected chi connectivity index (χ4v) is 0.0373. The molecule has 0 aromatic heterocycles. The van der Waals surface area contributed by atoms with Crippen molar-refractivity contribution in [2.75, 3.05) is 13.2 Å². The van der Waals surface area contributed by atoms with Gasteiger partial charge in [0.2, 0.25) is 0 Å². The predicted octanol–water partition coefficient (Wildman–Crippen LogP) is -0.0935. The highest BCUT2D eigenvalue weighted by Crippen LogP contribution is 1.57. The van der Waals surface area contributed by atoms with E-state index in [0.717, 1.165) is 0 Å². The molecule has 3 nitrogen and oxygen atoms in total. The van der Waals surface area contributed by atoms with Crippen LogP contribution in [0.2, 0.25) is 0 Å². The van der Waals surface area contributed by atoms with Crippen LogP contribution in [0.25, 0.3) is 0 Å². The summed E-state index contributed by atoms with van der Waals surface area (Å²) in [5.74, 6) is 0. The second kappa shape index (κ2) is 3.88. The van der Waals surface area contributed by atoms with Crippen molar-refractivity contribution >= 4 is 0 Å². The van der Waals surface area contributed by atoms with Crippen molar-refractivity contribution in [1.29, 1.82) is 0 Å². The van der Waals surface area contributed by atoms with Gasteiger partial charge >= 0.3 is 0 Å². The first kappa shape index (κ1) is 4.88. The molecule has 0 aromatic carbocycles. The topological polar surface area (TPSA) is 49.4 Å². The molecule has 31 valence electrons. The van der Waals surface area contributed by atoms with Crippen LogP contribution in [-0.2, 0) is 9.99 Å². The largest absolute Gasteiger partial charge is 0.252 e. The van der Waals surface area contributed by atoms with E-state index < -0.39 is 0 Å². The minimum absolute atomic E-state index is 0.111. The molecule has 1 radical (unpaired) electrons. The Balaban J connectivity index is 2.19. The van der Waals surface area contributed by atoms with E-state index in [1.807, 2.05) is 0 Å². The maximum Gasteiger partial charge on any atom is 0.109 e. The van der Waals surface area contributed by atoms with Gasteiger partial charge in [-0.2, -0.15) is 0 Å². The van der Waals surface area contributed by atoms with Gasteiger partial charge in [-0.05, 0) is 0 Å². The molecule has 0 unspecified atom stereocenters. The van der Waals surface area contributed by atoms with Crippen LogP contribution in [0.4, 0.5) is 0 Å². The fraction of sp³-hybridized carbons (Fsp3) is 1.00. The summed E-state index contributed by atoms with van der Waals surface area (Å²) in [7, 11) is 0. The van der Waals surface area contributed by atoms with E-state index >= 15 is 0 Å². The first-order valence-electron chi connectivity index (χ1n) is 1.26. The van der Waals surface area contributed by atoms with Gasteiger partial charge in [-0.15, -0.1) is 0 Å². The molecule has 0 aromatic rings. The van der Waals surface area contributed by atoms with Gasteiger partial charge < -0.3 is 0 Å². The van der Waals surface area contributed by atoms with E-state index in [1.54, 1.807) is 0 Å². The molecule has 0 aliphatic heterocycles. The maximum atomic E-state index is 9.24. The highest BCUT2D eigenvalue weighted by molar-refractivity contribution is 4.09. The van der Waals surface area contributed by atoms with Gasteiger partial charge in [-0.1, -0.05) is 0 Å². The molecule has 0 spiro atoms. The molecular formula is C2H5O3. The van der Waals surface area contributed by atoms with Gasteiger partial charge in [0, 0.05) is 0 Å². The predicted molar refractivity (Wildman–Crippen MR) is 14.1 cm³/mol. The Kier molecular flexibility index (Phi) is 3.79. The van der Waals surface area contributed by atoms with Crippen LogP contribution < -0.4 is 0 Å². The van der Waals surface area contributed by atoms with Gasteiger partial charge in [0.05, 0.1) is 0 Å². The monoisotopic (exact) mass is 77.0 g/mol. The Labute approximate surface area is 29.7 Å². The van der Waals surface area contributed by atoms with E-state index in [-0.39, 0.29) is 13.2 Å². The molecule has 0 aliphatic rings. The molecule has 0 aliphatic carbocycles. The number of rotatable bonds is 2. The van der Waals surface area contributed by atoms with Gasteiger partial charge in [-0.3, -0.25) is 5.26 Å². The van der Waals surface area contributed by atoms with Crippen molar-refractivity contribution < 1.29 is 15.3 Å². The molecule has 0 heterocycles. The van der Waals surface area contributed by atoms with Crippen LogP contribution in [0.1, 0.15) is 0 Å². The molecule has 5 heavy (non-hydrogen) atoms. The molecule has 0 saturated carbocycles. The molecule has 1 N–H and O–H groups in total. The zero-order chi connectivity index (χ0) is 4.12. The maximum absolute atomic E-state index is 9.24. The molecule has 0 rings (SSSR count). The lowest BCUT2D eigenvalue weighted by atomic mass is 10.8. The van der Waals surface area contributed by atoms with Crippen LogP contribution >= 0.6 is 0 Å². The van der Waals surface area contributed by atoms with Crippen LogP contribution in [0.5, 0.6) is 0 Å². The molecule has 0 bridgehead atoms. The fourth-order valence-electron chi connectivity index (χ4n) is 0.0373. The summed E-state index contributed by atoms with van der Waals surface area (Å²) in [5, 5.41) is 16.6. The average molecular weight is 77.1 g/mol. The first-order chi connectivity index (χ1) is 2.41. The van der Waals surface area contributed by atoms with Gasteiger partial charge in [0.25, 0.3) is 0 Å². The highest BCUT2D eigenvalue weighted by atomic mass is 17.1. The molecule has 0 atom stereocenters. The summed E-state index contributed by atoms with van der Waals surface area (Å²) in [6, 6.07) is 0. The van der Waals surface area contributed by atoms with Crippen LogP contribution in [0.3, 0.4) is 0 Å². The lowest BCUT2D eigenvalue weighted by Gasteiger charge is -1.79. The van der Waals surface area contributed by atoms with Gasteiger partial charge in [-0.25, -0.2) is 9.99 Å². The lowest BCUT2D eigenvalue weighted by Crippen LogP contribution is -1.90. The summed E-state index contributed by atoms with van der Waals surface area (Å²) in [5.41, 5.74) is 0. The number of hydrogen-bond donors (Lipinski definition) is 1. The standard InChI is InChI=1S/C2H5O3/c3-1-2-5-4/h4H,1-2H2. The molecule has 0 amide bonds. The Bertz CT molecular complexity index is 12.4. The van der Waals surface area contributed by atoms with E-state index in [1.165, 1.54) is 0 Å². The molecule has 0 saturated heterocycles. The quantitative estimate of drug-likeness (QED) is 0.369. The Morgan fingerprint density at radius 3 is 2.40 bits per heavy atom. The first-order valence-corrected chi connectivity index (χ1v) is 1.26. The molecule has 3 heteroatoms. The highest BCUT2D eigenvalue weighted by Gasteiger charge is 1.72. The number of hydrogen-bond acceptors (Lipinski definition) is 2. The third kappa shape index (κ3) is 3.88. The van der Waals surface area contributed by atoms with E-state index in [4.69, 9.17) is 5.26 Å².